The Morgan fingerprint density at radius 1 is 1.31 bits per heavy atom. The summed E-state index contributed by atoms with van der Waals surface area (Å²) < 4.78 is 1.61. The van der Waals surface area contributed by atoms with Crippen LogP contribution in [0.5, 0.6) is 0 Å². The molecule has 0 aliphatic rings. The van der Waals surface area contributed by atoms with Gasteiger partial charge in [0.25, 0.3) is 5.56 Å². The highest BCUT2D eigenvalue weighted by atomic mass is 16.4. The van der Waals surface area contributed by atoms with Gasteiger partial charge in [0, 0.05) is 12.6 Å². The average Bonchev–Trinajstić information content (AvgIpc) is 2.28. The molecule has 0 saturated heterocycles. The second-order valence-corrected chi connectivity index (χ2v) is 3.49. The number of nitrogens with zero attached hydrogens (tertiary/aromatic N) is 1. The highest BCUT2D eigenvalue weighted by Crippen LogP contribution is 2.14. The Bertz CT molecular complexity index is 613. The maximum atomic E-state index is 11.5. The number of aryl methyl sites for hydroxylation is 1. The Kier molecular flexibility index (Phi) is 2.48. The molecular weight excluding hydrogens is 206 g/mol. The predicted octanol–water partition coefficient (Wildman–Crippen LogP) is 1.72. The van der Waals surface area contributed by atoms with Crippen molar-refractivity contribution in [3.8, 4) is 0 Å². The summed E-state index contributed by atoms with van der Waals surface area (Å²) in [6.07, 6.45) is 0. The molecule has 0 aliphatic heterocycles. The van der Waals surface area contributed by atoms with Gasteiger partial charge in [0.1, 0.15) is 0 Å². The van der Waals surface area contributed by atoms with Crippen LogP contribution >= 0.6 is 0 Å². The lowest BCUT2D eigenvalue weighted by atomic mass is 10.1. The summed E-state index contributed by atoms with van der Waals surface area (Å²) in [7, 11) is 0. The molecule has 1 aromatic heterocycles. The smallest absolute Gasteiger partial charge is 0.335 e. The minimum Gasteiger partial charge on any atom is -0.478 e. The highest BCUT2D eigenvalue weighted by Gasteiger charge is 2.06. The van der Waals surface area contributed by atoms with Crippen LogP contribution in [0.2, 0.25) is 0 Å². The zero-order valence-electron chi connectivity index (χ0n) is 8.80. The quantitative estimate of drug-likeness (QED) is 0.833. The molecule has 1 N–H and O–H groups in total. The van der Waals surface area contributed by atoms with Crippen LogP contribution in [0.1, 0.15) is 17.3 Å². The maximum absolute atomic E-state index is 11.5. The second kappa shape index (κ2) is 3.81. The number of pyridine rings is 1. The summed E-state index contributed by atoms with van der Waals surface area (Å²) in [5, 5.41) is 9.62. The molecule has 0 radical (unpaired) electrons. The van der Waals surface area contributed by atoms with Gasteiger partial charge in [-0.05, 0) is 36.6 Å². The monoisotopic (exact) mass is 217 g/mol. The molecular formula is C12H11NO3. The van der Waals surface area contributed by atoms with Gasteiger partial charge in [0.05, 0.1) is 11.1 Å². The van der Waals surface area contributed by atoms with Crippen LogP contribution in [0.15, 0.2) is 35.1 Å². The second-order valence-electron chi connectivity index (χ2n) is 3.49. The Hall–Kier alpha value is -2.10. The van der Waals surface area contributed by atoms with E-state index in [1.165, 1.54) is 12.1 Å². The van der Waals surface area contributed by atoms with E-state index in [1.54, 1.807) is 22.8 Å². The summed E-state index contributed by atoms with van der Waals surface area (Å²) >= 11 is 0. The minimum atomic E-state index is -0.962. The van der Waals surface area contributed by atoms with Crippen LogP contribution in [0.25, 0.3) is 10.9 Å². The van der Waals surface area contributed by atoms with Crippen LogP contribution < -0.4 is 5.56 Å². The SMILES string of the molecule is CCn1c(=O)ccc2cc(C(=O)O)ccc21. The molecule has 4 heteroatoms. The number of rotatable bonds is 2. The van der Waals surface area contributed by atoms with E-state index < -0.39 is 5.97 Å². The molecule has 2 rings (SSSR count). The van der Waals surface area contributed by atoms with Crippen LogP contribution in [0.4, 0.5) is 0 Å². The fourth-order valence-corrected chi connectivity index (χ4v) is 1.76. The first-order valence-corrected chi connectivity index (χ1v) is 5.00. The van der Waals surface area contributed by atoms with Gasteiger partial charge in [-0.1, -0.05) is 0 Å². The molecule has 2 aromatic rings. The third kappa shape index (κ3) is 1.58. The Balaban J connectivity index is 2.78. The lowest BCUT2D eigenvalue weighted by Crippen LogP contribution is -2.18. The molecule has 82 valence electrons. The van der Waals surface area contributed by atoms with Crippen molar-refractivity contribution < 1.29 is 9.90 Å². The highest BCUT2D eigenvalue weighted by molar-refractivity contribution is 5.93. The van der Waals surface area contributed by atoms with Gasteiger partial charge >= 0.3 is 5.97 Å². The van der Waals surface area contributed by atoms with E-state index in [-0.39, 0.29) is 11.1 Å². The number of hydrogen-bond donors (Lipinski definition) is 1. The van der Waals surface area contributed by atoms with E-state index in [9.17, 15) is 9.59 Å². The van der Waals surface area contributed by atoms with Gasteiger partial charge in [0.15, 0.2) is 0 Å². The molecule has 0 aliphatic carbocycles. The zero-order valence-corrected chi connectivity index (χ0v) is 8.80. The zero-order chi connectivity index (χ0) is 11.7. The van der Waals surface area contributed by atoms with Crippen molar-refractivity contribution >= 4 is 16.9 Å². The molecule has 1 aromatic carbocycles. The fourth-order valence-electron chi connectivity index (χ4n) is 1.76. The van der Waals surface area contributed by atoms with Gasteiger partial charge in [-0.2, -0.15) is 0 Å². The van der Waals surface area contributed by atoms with Crippen molar-refractivity contribution in [2.45, 2.75) is 13.5 Å². The summed E-state index contributed by atoms with van der Waals surface area (Å²) in [6, 6.07) is 7.86. The number of aromatic carboxylic acids is 1. The predicted molar refractivity (Wildman–Crippen MR) is 60.8 cm³/mol. The Labute approximate surface area is 91.8 Å². The number of carboxylic acids is 1. The average molecular weight is 217 g/mol. The van der Waals surface area contributed by atoms with Crippen molar-refractivity contribution in [3.63, 3.8) is 0 Å². The lowest BCUT2D eigenvalue weighted by molar-refractivity contribution is 0.0697. The molecule has 0 atom stereocenters. The number of benzene rings is 1. The van der Waals surface area contributed by atoms with Gasteiger partial charge in [-0.25, -0.2) is 4.79 Å². The van der Waals surface area contributed by atoms with Crippen LogP contribution in [0, 0.1) is 0 Å². The van der Waals surface area contributed by atoms with Gasteiger partial charge in [-0.15, -0.1) is 0 Å². The number of carboxylic acid groups (broad SMARTS) is 1. The summed E-state index contributed by atoms with van der Waals surface area (Å²) in [4.78, 5) is 22.3. The van der Waals surface area contributed by atoms with Crippen LogP contribution in [-0.4, -0.2) is 15.6 Å². The molecule has 1 heterocycles. The lowest BCUT2D eigenvalue weighted by Gasteiger charge is -2.07. The van der Waals surface area contributed by atoms with E-state index in [0.717, 1.165) is 10.9 Å². The van der Waals surface area contributed by atoms with Gasteiger partial charge < -0.3 is 9.67 Å². The first-order valence-electron chi connectivity index (χ1n) is 5.00. The van der Waals surface area contributed by atoms with E-state index in [2.05, 4.69) is 0 Å². The molecule has 0 spiro atoms. The van der Waals surface area contributed by atoms with E-state index in [1.807, 2.05) is 6.92 Å². The third-order valence-electron chi connectivity index (χ3n) is 2.55. The topological polar surface area (TPSA) is 59.3 Å². The van der Waals surface area contributed by atoms with Crippen LogP contribution in [-0.2, 0) is 6.54 Å². The first-order chi connectivity index (χ1) is 7.63. The molecule has 0 amide bonds. The first kappa shape index (κ1) is 10.4. The number of aromatic nitrogens is 1. The molecule has 0 bridgehead atoms. The number of fused-ring (bicyclic) bond motifs is 1. The number of carbonyl (C=O) groups is 1. The van der Waals surface area contributed by atoms with E-state index >= 15 is 0 Å². The summed E-state index contributed by atoms with van der Waals surface area (Å²) in [5.41, 5.74) is 0.923. The van der Waals surface area contributed by atoms with Gasteiger partial charge in [0.2, 0.25) is 0 Å². The van der Waals surface area contributed by atoms with Gasteiger partial charge in [-0.3, -0.25) is 4.79 Å². The van der Waals surface area contributed by atoms with Crippen molar-refractivity contribution in [1.82, 2.24) is 4.57 Å². The molecule has 4 nitrogen and oxygen atoms in total. The summed E-state index contributed by atoms with van der Waals surface area (Å²) in [6.45, 7) is 2.45. The van der Waals surface area contributed by atoms with Crippen molar-refractivity contribution in [2.75, 3.05) is 0 Å². The third-order valence-corrected chi connectivity index (χ3v) is 2.55. The normalized spacial score (nSPS) is 10.6. The number of hydrogen-bond acceptors (Lipinski definition) is 2. The van der Waals surface area contributed by atoms with Crippen molar-refractivity contribution in [2.24, 2.45) is 0 Å². The van der Waals surface area contributed by atoms with Crippen molar-refractivity contribution in [1.29, 1.82) is 0 Å². The molecule has 0 saturated carbocycles. The largest absolute Gasteiger partial charge is 0.478 e. The molecule has 0 unspecified atom stereocenters. The van der Waals surface area contributed by atoms with E-state index in [0.29, 0.717) is 6.54 Å². The Morgan fingerprint density at radius 3 is 2.69 bits per heavy atom. The fraction of sp³-hybridized carbons (Fsp3) is 0.167. The maximum Gasteiger partial charge on any atom is 0.335 e. The van der Waals surface area contributed by atoms with Crippen molar-refractivity contribution in [3.05, 3.63) is 46.2 Å². The standard InChI is InChI=1S/C12H11NO3/c1-2-13-10-5-3-9(12(15)16)7-8(10)4-6-11(13)14/h3-7H,2H2,1H3,(H,15,16). The van der Waals surface area contributed by atoms with E-state index in [4.69, 9.17) is 5.11 Å². The minimum absolute atomic E-state index is 0.0712. The molecule has 0 fully saturated rings. The van der Waals surface area contributed by atoms with Crippen LogP contribution in [0.3, 0.4) is 0 Å². The Morgan fingerprint density at radius 2 is 2.06 bits per heavy atom. The molecule has 16 heavy (non-hydrogen) atoms. The summed E-state index contributed by atoms with van der Waals surface area (Å²) in [5.74, 6) is -0.962.